The van der Waals surface area contributed by atoms with Crippen LogP contribution in [0.5, 0.6) is 0 Å². The fraction of sp³-hybridized carbons (Fsp3) is 0.125. The van der Waals surface area contributed by atoms with E-state index in [2.05, 4.69) is 0 Å². The van der Waals surface area contributed by atoms with Gasteiger partial charge in [-0.1, -0.05) is 97.1 Å². The summed E-state index contributed by atoms with van der Waals surface area (Å²) in [6.07, 6.45) is 1.96. The molecule has 134 valence electrons. The minimum atomic E-state index is -1.25. The Balaban J connectivity index is 1.71. The number of hydrogen-bond acceptors (Lipinski definition) is 3. The van der Waals surface area contributed by atoms with Crippen LogP contribution in [0.25, 0.3) is 5.57 Å². The fourth-order valence-corrected chi connectivity index (χ4v) is 3.43. The standard InChI is InChI=1S/C24H20O3/c25-23(26-18-19-10-4-1-5-11-19)24(21-14-8-3-9-15-21)22(16-17-27-24)20-12-6-2-7-13-20/h1-16H,17-18H2. The van der Waals surface area contributed by atoms with Gasteiger partial charge in [0, 0.05) is 5.57 Å². The predicted octanol–water partition coefficient (Wildman–Crippen LogP) is 4.74. The largest absolute Gasteiger partial charge is 0.458 e. The van der Waals surface area contributed by atoms with Crippen molar-refractivity contribution in [3.63, 3.8) is 0 Å². The van der Waals surface area contributed by atoms with Crippen molar-refractivity contribution in [1.29, 1.82) is 0 Å². The Kier molecular flexibility index (Phi) is 4.86. The van der Waals surface area contributed by atoms with Gasteiger partial charge in [-0.25, -0.2) is 4.79 Å². The van der Waals surface area contributed by atoms with E-state index in [-0.39, 0.29) is 6.61 Å². The van der Waals surface area contributed by atoms with Gasteiger partial charge in [0.25, 0.3) is 0 Å². The summed E-state index contributed by atoms with van der Waals surface area (Å²) in [5.41, 5.74) is 2.24. The lowest BCUT2D eigenvalue weighted by molar-refractivity contribution is -0.165. The summed E-state index contributed by atoms with van der Waals surface area (Å²) in [6, 6.07) is 29.1. The molecule has 0 spiro atoms. The van der Waals surface area contributed by atoms with Gasteiger partial charge < -0.3 is 9.47 Å². The summed E-state index contributed by atoms with van der Waals surface area (Å²) in [5, 5.41) is 0. The van der Waals surface area contributed by atoms with E-state index in [1.165, 1.54) is 0 Å². The molecule has 1 heterocycles. The van der Waals surface area contributed by atoms with Crippen LogP contribution in [0.1, 0.15) is 16.7 Å². The molecular formula is C24H20O3. The van der Waals surface area contributed by atoms with E-state index in [4.69, 9.17) is 9.47 Å². The zero-order chi connectivity index (χ0) is 18.5. The second-order valence-electron chi connectivity index (χ2n) is 6.40. The van der Waals surface area contributed by atoms with E-state index in [9.17, 15) is 4.79 Å². The molecule has 0 fully saturated rings. The number of hydrogen-bond donors (Lipinski definition) is 0. The van der Waals surface area contributed by atoms with Crippen molar-refractivity contribution in [3.05, 3.63) is 114 Å². The molecule has 0 N–H and O–H groups in total. The first-order valence-corrected chi connectivity index (χ1v) is 8.97. The van der Waals surface area contributed by atoms with Crippen LogP contribution in [0.2, 0.25) is 0 Å². The number of benzene rings is 3. The van der Waals surface area contributed by atoms with E-state index in [0.717, 1.165) is 22.3 Å². The minimum absolute atomic E-state index is 0.208. The lowest BCUT2D eigenvalue weighted by Crippen LogP contribution is -2.39. The van der Waals surface area contributed by atoms with Crippen LogP contribution < -0.4 is 0 Å². The van der Waals surface area contributed by atoms with Gasteiger partial charge in [0.2, 0.25) is 5.60 Å². The van der Waals surface area contributed by atoms with Crippen molar-refractivity contribution >= 4 is 11.5 Å². The molecule has 0 saturated carbocycles. The van der Waals surface area contributed by atoms with Crippen LogP contribution in [0.3, 0.4) is 0 Å². The Morgan fingerprint density at radius 3 is 2.11 bits per heavy atom. The predicted molar refractivity (Wildman–Crippen MR) is 105 cm³/mol. The molecule has 3 aromatic rings. The van der Waals surface area contributed by atoms with Crippen LogP contribution >= 0.6 is 0 Å². The average molecular weight is 356 g/mol. The number of carbonyl (C=O) groups is 1. The second-order valence-corrected chi connectivity index (χ2v) is 6.40. The van der Waals surface area contributed by atoms with Crippen LogP contribution in [-0.2, 0) is 26.5 Å². The van der Waals surface area contributed by atoms with Gasteiger partial charge in [-0.15, -0.1) is 0 Å². The summed E-state index contributed by atoms with van der Waals surface area (Å²) < 4.78 is 11.8. The number of ether oxygens (including phenoxy) is 2. The van der Waals surface area contributed by atoms with Crippen LogP contribution in [0, 0.1) is 0 Å². The highest BCUT2D eigenvalue weighted by Crippen LogP contribution is 2.44. The summed E-state index contributed by atoms with van der Waals surface area (Å²) >= 11 is 0. The molecule has 27 heavy (non-hydrogen) atoms. The highest BCUT2D eigenvalue weighted by Gasteiger charge is 2.49. The van der Waals surface area contributed by atoms with Crippen molar-refractivity contribution in [2.45, 2.75) is 12.2 Å². The third kappa shape index (κ3) is 3.29. The van der Waals surface area contributed by atoms with E-state index < -0.39 is 11.6 Å². The maximum absolute atomic E-state index is 13.3. The van der Waals surface area contributed by atoms with Gasteiger partial charge in [-0.3, -0.25) is 0 Å². The molecule has 3 nitrogen and oxygen atoms in total. The lowest BCUT2D eigenvalue weighted by atomic mass is 9.83. The van der Waals surface area contributed by atoms with Gasteiger partial charge in [-0.2, -0.15) is 0 Å². The Hall–Kier alpha value is -3.17. The highest BCUT2D eigenvalue weighted by atomic mass is 16.6. The van der Waals surface area contributed by atoms with Crippen molar-refractivity contribution in [3.8, 4) is 0 Å². The Labute approximate surface area is 158 Å². The van der Waals surface area contributed by atoms with Gasteiger partial charge in [-0.05, 0) is 16.7 Å². The van der Waals surface area contributed by atoms with E-state index in [0.29, 0.717) is 6.61 Å². The van der Waals surface area contributed by atoms with Crippen molar-refractivity contribution in [2.24, 2.45) is 0 Å². The molecule has 1 unspecified atom stereocenters. The average Bonchev–Trinajstić information content (AvgIpc) is 3.20. The maximum atomic E-state index is 13.3. The molecule has 0 saturated heterocycles. The van der Waals surface area contributed by atoms with E-state index in [1.54, 1.807) is 0 Å². The van der Waals surface area contributed by atoms with Gasteiger partial charge in [0.1, 0.15) is 6.61 Å². The van der Waals surface area contributed by atoms with Gasteiger partial charge >= 0.3 is 5.97 Å². The first-order valence-electron chi connectivity index (χ1n) is 8.97. The van der Waals surface area contributed by atoms with Crippen LogP contribution in [0.15, 0.2) is 97.1 Å². The van der Waals surface area contributed by atoms with Gasteiger partial charge in [0.05, 0.1) is 6.61 Å². The number of carbonyl (C=O) groups excluding carboxylic acids is 1. The second kappa shape index (κ2) is 7.60. The van der Waals surface area contributed by atoms with Crippen molar-refractivity contribution in [2.75, 3.05) is 6.61 Å². The van der Waals surface area contributed by atoms with Crippen molar-refractivity contribution in [1.82, 2.24) is 0 Å². The smallest absolute Gasteiger partial charge is 0.348 e. The molecule has 0 radical (unpaired) electrons. The molecule has 0 bridgehead atoms. The fourth-order valence-electron chi connectivity index (χ4n) is 3.43. The van der Waals surface area contributed by atoms with E-state index >= 15 is 0 Å². The summed E-state index contributed by atoms with van der Waals surface area (Å²) in [4.78, 5) is 13.3. The summed E-state index contributed by atoms with van der Waals surface area (Å²) in [5.74, 6) is -0.398. The molecule has 0 amide bonds. The molecule has 4 rings (SSSR count). The minimum Gasteiger partial charge on any atom is -0.458 e. The summed E-state index contributed by atoms with van der Waals surface area (Å²) in [6.45, 7) is 0.569. The molecule has 3 heteroatoms. The quantitative estimate of drug-likeness (QED) is 0.620. The molecule has 0 aromatic heterocycles. The van der Waals surface area contributed by atoms with Crippen LogP contribution in [-0.4, -0.2) is 12.6 Å². The first kappa shape index (κ1) is 17.3. The number of esters is 1. The molecular weight excluding hydrogens is 336 g/mol. The molecule has 3 aromatic carbocycles. The topological polar surface area (TPSA) is 35.5 Å². The summed E-state index contributed by atoms with van der Waals surface area (Å²) in [7, 11) is 0. The molecule has 0 aliphatic carbocycles. The lowest BCUT2D eigenvalue weighted by Gasteiger charge is -2.30. The van der Waals surface area contributed by atoms with Crippen molar-refractivity contribution < 1.29 is 14.3 Å². The number of rotatable bonds is 5. The molecule has 1 atom stereocenters. The SMILES string of the molecule is O=C(OCc1ccccc1)C1(c2ccccc2)OCC=C1c1ccccc1. The van der Waals surface area contributed by atoms with Crippen LogP contribution in [0.4, 0.5) is 0 Å². The van der Waals surface area contributed by atoms with E-state index in [1.807, 2.05) is 97.1 Å². The first-order chi connectivity index (χ1) is 13.3. The Morgan fingerprint density at radius 2 is 1.44 bits per heavy atom. The Bertz CT molecular complexity index is 933. The Morgan fingerprint density at radius 1 is 0.852 bits per heavy atom. The maximum Gasteiger partial charge on any atom is 0.348 e. The molecule has 1 aliphatic heterocycles. The zero-order valence-corrected chi connectivity index (χ0v) is 14.9. The third-order valence-corrected chi connectivity index (χ3v) is 4.73. The monoisotopic (exact) mass is 356 g/mol. The normalized spacial score (nSPS) is 18.7. The zero-order valence-electron chi connectivity index (χ0n) is 14.9. The third-order valence-electron chi connectivity index (χ3n) is 4.73. The molecule has 1 aliphatic rings. The van der Waals surface area contributed by atoms with Gasteiger partial charge in [0.15, 0.2) is 0 Å². The highest BCUT2D eigenvalue weighted by molar-refractivity contribution is 5.98.